The van der Waals surface area contributed by atoms with E-state index in [0.29, 0.717) is 13.2 Å². The molecular formula is C31H46O3Si. The van der Waals surface area contributed by atoms with E-state index in [1.165, 1.54) is 11.1 Å². The van der Waals surface area contributed by atoms with Gasteiger partial charge in [0.2, 0.25) is 0 Å². The lowest BCUT2D eigenvalue weighted by Crippen LogP contribution is -2.42. The third-order valence-electron chi connectivity index (χ3n) is 7.40. The van der Waals surface area contributed by atoms with Crippen molar-refractivity contribution < 1.29 is 13.9 Å². The number of hydrogen-bond donors (Lipinski definition) is 0. The van der Waals surface area contributed by atoms with E-state index in [9.17, 15) is 0 Å². The lowest BCUT2D eigenvalue weighted by Gasteiger charge is -2.38. The number of aryl methyl sites for hydroxylation is 1. The molecule has 3 nitrogen and oxygen atoms in total. The summed E-state index contributed by atoms with van der Waals surface area (Å²) in [6.07, 6.45) is 4.92. The lowest BCUT2D eigenvalue weighted by molar-refractivity contribution is -0.0293. The second-order valence-corrected chi connectivity index (χ2v) is 16.0. The van der Waals surface area contributed by atoms with Crippen LogP contribution in [0.15, 0.2) is 78.4 Å². The van der Waals surface area contributed by atoms with Gasteiger partial charge in [0.15, 0.2) is 8.32 Å². The Labute approximate surface area is 215 Å². The van der Waals surface area contributed by atoms with Crippen molar-refractivity contribution in [2.75, 3.05) is 13.7 Å². The Morgan fingerprint density at radius 1 is 0.943 bits per heavy atom. The van der Waals surface area contributed by atoms with Crippen LogP contribution in [-0.4, -0.2) is 27.6 Å². The van der Waals surface area contributed by atoms with E-state index in [1.807, 2.05) is 12.1 Å². The Balaban J connectivity index is 2.12. The highest BCUT2D eigenvalue weighted by Gasteiger charge is 2.38. The third kappa shape index (κ3) is 9.10. The van der Waals surface area contributed by atoms with Gasteiger partial charge in [0.25, 0.3) is 0 Å². The molecule has 0 aromatic heterocycles. The highest BCUT2D eigenvalue weighted by atomic mass is 28.4. The maximum atomic E-state index is 6.60. The topological polar surface area (TPSA) is 27.7 Å². The fourth-order valence-corrected chi connectivity index (χ4v) is 4.59. The van der Waals surface area contributed by atoms with Gasteiger partial charge in [-0.3, -0.25) is 0 Å². The van der Waals surface area contributed by atoms with Crippen LogP contribution in [0.5, 0.6) is 5.75 Å². The van der Waals surface area contributed by atoms with Crippen LogP contribution in [0.2, 0.25) is 18.1 Å². The zero-order valence-corrected chi connectivity index (χ0v) is 24.2. The van der Waals surface area contributed by atoms with Gasteiger partial charge in [-0.1, -0.05) is 81.5 Å². The van der Waals surface area contributed by atoms with Gasteiger partial charge in [0.1, 0.15) is 5.75 Å². The molecule has 2 aromatic rings. The minimum atomic E-state index is -1.83. The van der Waals surface area contributed by atoms with E-state index in [0.717, 1.165) is 36.1 Å². The molecule has 0 bridgehead atoms. The summed E-state index contributed by atoms with van der Waals surface area (Å²) < 4.78 is 18.4. The first-order valence-corrected chi connectivity index (χ1v) is 15.6. The van der Waals surface area contributed by atoms with Gasteiger partial charge in [-0.2, -0.15) is 0 Å². The van der Waals surface area contributed by atoms with Crippen LogP contribution in [0.4, 0.5) is 0 Å². The first-order valence-electron chi connectivity index (χ1n) is 12.7. The Bertz CT molecular complexity index is 955. The van der Waals surface area contributed by atoms with Crippen LogP contribution in [0, 0.1) is 0 Å². The van der Waals surface area contributed by atoms with Crippen molar-refractivity contribution in [2.45, 2.75) is 84.2 Å². The average Bonchev–Trinajstić information content (AvgIpc) is 2.81. The van der Waals surface area contributed by atoms with E-state index in [-0.39, 0.29) is 5.04 Å². The Morgan fingerprint density at radius 3 is 2.14 bits per heavy atom. The molecule has 0 saturated carbocycles. The van der Waals surface area contributed by atoms with Crippen molar-refractivity contribution >= 4 is 8.32 Å². The predicted octanol–water partition coefficient (Wildman–Crippen LogP) is 8.52. The average molecular weight is 495 g/mol. The molecule has 4 heteroatoms. The standard InChI is InChI=1S/C31H46O3Si/c1-25(15-16-27-13-11-10-12-14-27)23-26(2)31(6,21-22-34-35(8,9)30(3,4)5)33-24-28-17-19-29(32-7)20-18-28/h10-14,17-20,23H,1,15-16,21-22,24H2,2-9H3/b26-23+/t31-/m1/s1. The normalized spacial score (nSPS) is 14.5. The molecule has 0 aliphatic rings. The van der Waals surface area contributed by atoms with Gasteiger partial charge < -0.3 is 13.9 Å². The molecule has 2 aromatic carbocycles. The molecule has 0 N–H and O–H groups in total. The molecule has 0 aliphatic carbocycles. The van der Waals surface area contributed by atoms with Gasteiger partial charge in [0, 0.05) is 13.0 Å². The summed E-state index contributed by atoms with van der Waals surface area (Å²) in [6.45, 7) is 21.3. The molecule has 0 heterocycles. The van der Waals surface area contributed by atoms with E-state index in [1.54, 1.807) is 7.11 Å². The van der Waals surface area contributed by atoms with Gasteiger partial charge in [-0.25, -0.2) is 0 Å². The zero-order valence-electron chi connectivity index (χ0n) is 23.2. The highest BCUT2D eigenvalue weighted by Crippen LogP contribution is 2.37. The monoisotopic (exact) mass is 494 g/mol. The maximum absolute atomic E-state index is 6.60. The Kier molecular flexibility index (Phi) is 10.6. The number of allylic oxidation sites excluding steroid dienone is 2. The first kappa shape index (κ1) is 29.1. The number of hydrogen-bond acceptors (Lipinski definition) is 3. The van der Waals surface area contributed by atoms with Gasteiger partial charge in [0.05, 0.1) is 19.3 Å². The molecule has 0 unspecified atom stereocenters. The molecule has 0 radical (unpaired) electrons. The van der Waals surface area contributed by atoms with Crippen LogP contribution in [0.25, 0.3) is 0 Å². The van der Waals surface area contributed by atoms with Crippen LogP contribution < -0.4 is 4.74 Å². The van der Waals surface area contributed by atoms with Gasteiger partial charge >= 0.3 is 0 Å². The molecule has 1 atom stereocenters. The van der Waals surface area contributed by atoms with Gasteiger partial charge in [-0.05, 0) is 73.7 Å². The molecule has 0 spiro atoms. The quantitative estimate of drug-likeness (QED) is 0.206. The smallest absolute Gasteiger partial charge is 0.191 e. The van der Waals surface area contributed by atoms with Crippen LogP contribution in [-0.2, 0) is 22.2 Å². The summed E-state index contributed by atoms with van der Waals surface area (Å²) in [4.78, 5) is 0. The van der Waals surface area contributed by atoms with E-state index >= 15 is 0 Å². The van der Waals surface area contributed by atoms with Crippen molar-refractivity contribution in [1.29, 1.82) is 0 Å². The minimum Gasteiger partial charge on any atom is -0.497 e. The minimum absolute atomic E-state index is 0.184. The number of methoxy groups -OCH3 is 1. The van der Waals surface area contributed by atoms with Gasteiger partial charge in [-0.15, -0.1) is 0 Å². The molecule has 0 aliphatic heterocycles. The SMILES string of the molecule is C=C(/C=C(\C)[C@@](C)(CCO[Si](C)(C)C(C)(C)C)OCc1ccc(OC)cc1)CCc1ccccc1. The van der Waals surface area contributed by atoms with Crippen LogP contribution in [0.1, 0.15) is 58.6 Å². The number of rotatable bonds is 13. The lowest BCUT2D eigenvalue weighted by atomic mass is 9.91. The fraction of sp³-hybridized carbons (Fsp3) is 0.484. The zero-order chi connectivity index (χ0) is 26.1. The Morgan fingerprint density at radius 2 is 1.57 bits per heavy atom. The van der Waals surface area contributed by atoms with E-state index in [2.05, 4.69) is 103 Å². The molecule has 0 fully saturated rings. The summed E-state index contributed by atoms with van der Waals surface area (Å²) in [7, 11) is -0.141. The summed E-state index contributed by atoms with van der Waals surface area (Å²) in [5.41, 5.74) is 4.32. The highest BCUT2D eigenvalue weighted by molar-refractivity contribution is 6.74. The van der Waals surface area contributed by atoms with Crippen molar-refractivity contribution in [1.82, 2.24) is 0 Å². The molecular weight excluding hydrogens is 448 g/mol. The summed E-state index contributed by atoms with van der Waals surface area (Å²) in [6, 6.07) is 18.6. The third-order valence-corrected chi connectivity index (χ3v) is 11.9. The van der Waals surface area contributed by atoms with Crippen LogP contribution in [0.3, 0.4) is 0 Å². The second-order valence-electron chi connectivity index (χ2n) is 11.2. The first-order chi connectivity index (χ1) is 16.4. The molecule has 0 saturated heterocycles. The summed E-state index contributed by atoms with van der Waals surface area (Å²) >= 11 is 0. The molecule has 2 rings (SSSR count). The predicted molar refractivity (Wildman–Crippen MR) is 152 cm³/mol. The van der Waals surface area contributed by atoms with Crippen molar-refractivity contribution in [3.63, 3.8) is 0 Å². The number of benzene rings is 2. The molecule has 192 valence electrons. The largest absolute Gasteiger partial charge is 0.497 e. The summed E-state index contributed by atoms with van der Waals surface area (Å²) in [5, 5.41) is 0.184. The maximum Gasteiger partial charge on any atom is 0.191 e. The Hall–Kier alpha value is -2.14. The number of ether oxygens (including phenoxy) is 2. The molecule has 35 heavy (non-hydrogen) atoms. The molecule has 0 amide bonds. The summed E-state index contributed by atoms with van der Waals surface area (Å²) in [5.74, 6) is 0.852. The second kappa shape index (κ2) is 12.7. The van der Waals surface area contributed by atoms with Crippen molar-refractivity contribution in [3.8, 4) is 5.75 Å². The van der Waals surface area contributed by atoms with Crippen LogP contribution >= 0.6 is 0 Å². The van der Waals surface area contributed by atoms with E-state index < -0.39 is 13.9 Å². The fourth-order valence-electron chi connectivity index (χ4n) is 3.55. The van der Waals surface area contributed by atoms with E-state index in [4.69, 9.17) is 13.9 Å². The van der Waals surface area contributed by atoms with Crippen molar-refractivity contribution in [3.05, 3.63) is 89.5 Å². The van der Waals surface area contributed by atoms with Crippen molar-refractivity contribution in [2.24, 2.45) is 0 Å².